The Balaban J connectivity index is 1.98. The summed E-state index contributed by atoms with van der Waals surface area (Å²) in [7, 11) is 0. The molecular weight excluding hydrogens is 282 g/mol. The zero-order chi connectivity index (χ0) is 15.9. The molecule has 6 nitrogen and oxygen atoms in total. The van der Waals surface area contributed by atoms with E-state index in [-0.39, 0.29) is 11.9 Å². The van der Waals surface area contributed by atoms with Gasteiger partial charge in [-0.3, -0.25) is 9.78 Å². The third kappa shape index (κ3) is 4.43. The largest absolute Gasteiger partial charge is 0.466 e. The Morgan fingerprint density at radius 1 is 1.50 bits per heavy atom. The van der Waals surface area contributed by atoms with E-state index in [2.05, 4.69) is 26.7 Å². The molecule has 1 aliphatic rings. The van der Waals surface area contributed by atoms with Crippen molar-refractivity contribution in [1.82, 2.24) is 9.97 Å². The van der Waals surface area contributed by atoms with Gasteiger partial charge in [0.15, 0.2) is 0 Å². The maximum absolute atomic E-state index is 11.7. The van der Waals surface area contributed by atoms with Gasteiger partial charge < -0.3 is 14.7 Å². The normalized spacial score (nSPS) is 16.6. The minimum atomic E-state index is -0.689. The Hall–Kier alpha value is -2.13. The standard InChI is InChI=1S/C16H21N3O3/c1-3-22-16(21)13-6-8-19(9-7-13)15-11-17-10-14(18-15)5-4-12(2)20/h10-13,20H,3,6-9H2,1-2H3. The van der Waals surface area contributed by atoms with Crippen LogP contribution in [-0.4, -0.2) is 46.8 Å². The summed E-state index contributed by atoms with van der Waals surface area (Å²) in [5.41, 5.74) is 0.533. The lowest BCUT2D eigenvalue weighted by molar-refractivity contribution is -0.148. The Labute approximate surface area is 130 Å². The number of carbonyl (C=O) groups excluding carboxylic acids is 1. The minimum Gasteiger partial charge on any atom is -0.466 e. The highest BCUT2D eigenvalue weighted by Crippen LogP contribution is 2.22. The fourth-order valence-electron chi connectivity index (χ4n) is 2.35. The van der Waals surface area contributed by atoms with Crippen LogP contribution in [0.5, 0.6) is 0 Å². The van der Waals surface area contributed by atoms with Gasteiger partial charge in [0.25, 0.3) is 0 Å². The number of nitrogens with zero attached hydrogens (tertiary/aromatic N) is 3. The van der Waals surface area contributed by atoms with E-state index < -0.39 is 6.10 Å². The van der Waals surface area contributed by atoms with Crippen LogP contribution in [0.1, 0.15) is 32.4 Å². The van der Waals surface area contributed by atoms with E-state index in [0.717, 1.165) is 31.7 Å². The van der Waals surface area contributed by atoms with Crippen molar-refractivity contribution in [3.63, 3.8) is 0 Å². The molecular formula is C16H21N3O3. The number of piperidine rings is 1. The topological polar surface area (TPSA) is 75.5 Å². The lowest BCUT2D eigenvalue weighted by Crippen LogP contribution is -2.37. The SMILES string of the molecule is CCOC(=O)C1CCN(c2cncc(C#CC(C)O)n2)CC1. The molecule has 0 aliphatic carbocycles. The molecule has 1 aromatic heterocycles. The smallest absolute Gasteiger partial charge is 0.309 e. The van der Waals surface area contributed by atoms with E-state index in [1.807, 2.05) is 6.92 Å². The zero-order valence-corrected chi connectivity index (χ0v) is 13.0. The summed E-state index contributed by atoms with van der Waals surface area (Å²) in [6.45, 7) is 5.33. The van der Waals surface area contributed by atoms with Crippen LogP contribution in [0, 0.1) is 17.8 Å². The first-order valence-corrected chi connectivity index (χ1v) is 7.53. The zero-order valence-electron chi connectivity index (χ0n) is 13.0. The fourth-order valence-corrected chi connectivity index (χ4v) is 2.35. The molecule has 22 heavy (non-hydrogen) atoms. The predicted molar refractivity (Wildman–Crippen MR) is 82.2 cm³/mol. The van der Waals surface area contributed by atoms with Gasteiger partial charge in [0, 0.05) is 13.1 Å². The molecule has 6 heteroatoms. The third-order valence-corrected chi connectivity index (χ3v) is 3.47. The number of esters is 1. The molecule has 0 aromatic carbocycles. The maximum Gasteiger partial charge on any atom is 0.309 e. The molecule has 1 unspecified atom stereocenters. The molecule has 1 atom stereocenters. The number of aliphatic hydroxyl groups excluding tert-OH is 1. The Morgan fingerprint density at radius 3 is 2.86 bits per heavy atom. The van der Waals surface area contributed by atoms with E-state index >= 15 is 0 Å². The summed E-state index contributed by atoms with van der Waals surface area (Å²) in [6.07, 6.45) is 4.09. The van der Waals surface area contributed by atoms with Gasteiger partial charge in [-0.1, -0.05) is 5.92 Å². The third-order valence-electron chi connectivity index (χ3n) is 3.47. The number of anilines is 1. The minimum absolute atomic E-state index is 0.0256. The lowest BCUT2D eigenvalue weighted by atomic mass is 9.97. The van der Waals surface area contributed by atoms with Gasteiger partial charge in [-0.2, -0.15) is 0 Å². The van der Waals surface area contributed by atoms with Gasteiger partial charge in [-0.25, -0.2) is 4.98 Å². The summed E-state index contributed by atoms with van der Waals surface area (Å²) in [6, 6.07) is 0. The van der Waals surface area contributed by atoms with Crippen LogP contribution in [0.4, 0.5) is 5.82 Å². The van der Waals surface area contributed by atoms with Gasteiger partial charge in [-0.05, 0) is 32.6 Å². The first-order chi connectivity index (χ1) is 10.6. The highest BCUT2D eigenvalue weighted by molar-refractivity contribution is 5.72. The van der Waals surface area contributed by atoms with Gasteiger partial charge in [0.1, 0.15) is 17.6 Å². The van der Waals surface area contributed by atoms with E-state index in [1.165, 1.54) is 0 Å². The van der Waals surface area contributed by atoms with Crippen LogP contribution in [0.3, 0.4) is 0 Å². The summed E-state index contributed by atoms with van der Waals surface area (Å²) >= 11 is 0. The first-order valence-electron chi connectivity index (χ1n) is 7.53. The lowest BCUT2D eigenvalue weighted by Gasteiger charge is -2.31. The molecule has 0 spiro atoms. The van der Waals surface area contributed by atoms with Crippen LogP contribution >= 0.6 is 0 Å². The molecule has 0 saturated carbocycles. The number of rotatable bonds is 3. The van der Waals surface area contributed by atoms with Crippen LogP contribution in [0.2, 0.25) is 0 Å². The number of hydrogen-bond donors (Lipinski definition) is 1. The highest BCUT2D eigenvalue weighted by Gasteiger charge is 2.26. The van der Waals surface area contributed by atoms with E-state index in [4.69, 9.17) is 4.74 Å². The molecule has 0 radical (unpaired) electrons. The van der Waals surface area contributed by atoms with Crippen LogP contribution in [-0.2, 0) is 9.53 Å². The van der Waals surface area contributed by atoms with Crippen LogP contribution in [0.25, 0.3) is 0 Å². The quantitative estimate of drug-likeness (QED) is 0.663. The van der Waals surface area contributed by atoms with Crippen molar-refractivity contribution in [2.45, 2.75) is 32.8 Å². The fraction of sp³-hybridized carbons (Fsp3) is 0.562. The number of carbonyl (C=O) groups is 1. The summed E-state index contributed by atoms with van der Waals surface area (Å²) in [5.74, 6) is 6.06. The maximum atomic E-state index is 11.7. The number of aliphatic hydroxyl groups is 1. The van der Waals surface area contributed by atoms with E-state index in [0.29, 0.717) is 12.3 Å². The Morgan fingerprint density at radius 2 is 2.23 bits per heavy atom. The van der Waals surface area contributed by atoms with Crippen molar-refractivity contribution in [2.24, 2.45) is 5.92 Å². The monoisotopic (exact) mass is 303 g/mol. The Kier molecular flexibility index (Phi) is 5.73. The average molecular weight is 303 g/mol. The molecule has 2 heterocycles. The predicted octanol–water partition coefficient (Wildman–Crippen LogP) is 0.988. The molecule has 1 N–H and O–H groups in total. The molecule has 0 bridgehead atoms. The molecule has 1 aromatic rings. The van der Waals surface area contributed by atoms with Crippen molar-refractivity contribution in [3.8, 4) is 11.8 Å². The molecule has 1 saturated heterocycles. The molecule has 1 aliphatic heterocycles. The summed E-state index contributed by atoms with van der Waals surface area (Å²) in [5, 5.41) is 9.18. The second-order valence-corrected chi connectivity index (χ2v) is 5.22. The van der Waals surface area contributed by atoms with Crippen molar-refractivity contribution >= 4 is 11.8 Å². The van der Waals surface area contributed by atoms with Gasteiger partial charge in [0.05, 0.1) is 24.9 Å². The van der Waals surface area contributed by atoms with Gasteiger partial charge in [-0.15, -0.1) is 0 Å². The molecule has 118 valence electrons. The highest BCUT2D eigenvalue weighted by atomic mass is 16.5. The number of ether oxygens (including phenoxy) is 1. The first kappa shape index (κ1) is 16.2. The summed E-state index contributed by atoms with van der Waals surface area (Å²) < 4.78 is 5.07. The van der Waals surface area contributed by atoms with Crippen molar-refractivity contribution in [2.75, 3.05) is 24.6 Å². The van der Waals surface area contributed by atoms with Crippen molar-refractivity contribution in [3.05, 3.63) is 18.1 Å². The second-order valence-electron chi connectivity index (χ2n) is 5.22. The number of hydrogen-bond acceptors (Lipinski definition) is 6. The van der Waals surface area contributed by atoms with E-state index in [9.17, 15) is 9.90 Å². The molecule has 2 rings (SSSR count). The number of aromatic nitrogens is 2. The van der Waals surface area contributed by atoms with Gasteiger partial charge in [0.2, 0.25) is 0 Å². The molecule has 1 fully saturated rings. The van der Waals surface area contributed by atoms with E-state index in [1.54, 1.807) is 19.3 Å². The molecule has 0 amide bonds. The van der Waals surface area contributed by atoms with Gasteiger partial charge >= 0.3 is 5.97 Å². The van der Waals surface area contributed by atoms with Crippen molar-refractivity contribution < 1.29 is 14.6 Å². The second kappa shape index (κ2) is 7.76. The average Bonchev–Trinajstić information content (AvgIpc) is 2.53. The van der Waals surface area contributed by atoms with Crippen molar-refractivity contribution in [1.29, 1.82) is 0 Å². The summed E-state index contributed by atoms with van der Waals surface area (Å²) in [4.78, 5) is 22.4. The van der Waals surface area contributed by atoms with Crippen LogP contribution < -0.4 is 4.90 Å². The van der Waals surface area contributed by atoms with Crippen LogP contribution in [0.15, 0.2) is 12.4 Å². The Bertz CT molecular complexity index is 569.